The Kier molecular flexibility index (Phi) is 6.79. The average molecular weight is 487 g/mol. The van der Waals surface area contributed by atoms with Crippen molar-refractivity contribution in [3.63, 3.8) is 0 Å². The lowest BCUT2D eigenvalue weighted by molar-refractivity contribution is -0.132. The molecular formula is C27H26N4O5. The molecule has 5 rings (SSSR count). The SMILES string of the molecule is O=C(CNC(=O)C1COc2ccccc2O1)N/N=C1\C(=O)N(CCc2ccccc2)C2=C1C=CCC2. The second kappa shape index (κ2) is 10.5. The summed E-state index contributed by atoms with van der Waals surface area (Å²) in [6.45, 7) is 0.263. The standard InChI is InChI=1S/C27H26N4O5/c32-24(16-28-26(33)23-17-35-21-12-6-7-13-22(21)36-23)29-30-25-19-10-4-5-11-20(19)31(27(25)34)15-14-18-8-2-1-3-9-18/h1-4,6-10,12-13,23H,5,11,14-17H2,(H,28,33)(H,29,32)/b30-25-. The molecule has 0 fully saturated rings. The number of benzene rings is 2. The van der Waals surface area contributed by atoms with E-state index in [1.807, 2.05) is 48.6 Å². The van der Waals surface area contributed by atoms with Crippen LogP contribution in [-0.4, -0.2) is 54.1 Å². The van der Waals surface area contributed by atoms with Crippen LogP contribution in [-0.2, 0) is 20.8 Å². The van der Waals surface area contributed by atoms with Gasteiger partial charge in [-0.3, -0.25) is 14.4 Å². The molecule has 1 aliphatic carbocycles. The smallest absolute Gasteiger partial charge is 0.279 e. The van der Waals surface area contributed by atoms with E-state index in [0.717, 1.165) is 36.1 Å². The predicted molar refractivity (Wildman–Crippen MR) is 132 cm³/mol. The van der Waals surface area contributed by atoms with Gasteiger partial charge in [0.25, 0.3) is 17.7 Å². The fourth-order valence-corrected chi connectivity index (χ4v) is 4.33. The lowest BCUT2D eigenvalue weighted by atomic mass is 10.0. The van der Waals surface area contributed by atoms with Gasteiger partial charge in [-0.2, -0.15) is 5.10 Å². The minimum atomic E-state index is -0.867. The molecule has 2 aliphatic heterocycles. The van der Waals surface area contributed by atoms with Gasteiger partial charge in [0.05, 0.1) is 6.54 Å². The first-order chi connectivity index (χ1) is 17.6. The molecule has 36 heavy (non-hydrogen) atoms. The van der Waals surface area contributed by atoms with Crippen LogP contribution in [0.1, 0.15) is 18.4 Å². The Balaban J connectivity index is 1.17. The molecule has 184 valence electrons. The van der Waals surface area contributed by atoms with Crippen molar-refractivity contribution in [2.24, 2.45) is 5.10 Å². The molecule has 2 heterocycles. The third-order valence-electron chi connectivity index (χ3n) is 6.16. The Morgan fingerprint density at radius 3 is 2.67 bits per heavy atom. The molecule has 3 aliphatic rings. The van der Waals surface area contributed by atoms with Crippen LogP contribution in [0.15, 0.2) is 83.1 Å². The molecule has 1 atom stereocenters. The monoisotopic (exact) mass is 486 g/mol. The third-order valence-corrected chi connectivity index (χ3v) is 6.16. The number of allylic oxidation sites excluding steroid dienone is 3. The molecule has 0 radical (unpaired) electrons. The Hall–Kier alpha value is -4.40. The molecular weight excluding hydrogens is 460 g/mol. The lowest BCUT2D eigenvalue weighted by Gasteiger charge is -2.25. The molecule has 2 N–H and O–H groups in total. The summed E-state index contributed by atoms with van der Waals surface area (Å²) >= 11 is 0. The van der Waals surface area contributed by atoms with E-state index in [2.05, 4.69) is 15.8 Å². The van der Waals surface area contributed by atoms with E-state index in [0.29, 0.717) is 18.0 Å². The van der Waals surface area contributed by atoms with Gasteiger partial charge >= 0.3 is 0 Å². The normalized spacial score (nSPS) is 19.3. The zero-order chi connectivity index (χ0) is 24.9. The molecule has 2 aromatic rings. The Morgan fingerprint density at radius 2 is 1.83 bits per heavy atom. The van der Waals surface area contributed by atoms with Crippen LogP contribution in [0.3, 0.4) is 0 Å². The average Bonchev–Trinajstić information content (AvgIpc) is 3.19. The summed E-state index contributed by atoms with van der Waals surface area (Å²) in [5, 5.41) is 6.65. The number of nitrogens with one attached hydrogen (secondary N) is 2. The van der Waals surface area contributed by atoms with Crippen LogP contribution >= 0.6 is 0 Å². The summed E-state index contributed by atoms with van der Waals surface area (Å²) in [6.07, 6.45) is 5.31. The van der Waals surface area contributed by atoms with Crippen LogP contribution < -0.4 is 20.2 Å². The minimum absolute atomic E-state index is 0.0450. The fourth-order valence-electron chi connectivity index (χ4n) is 4.33. The second-order valence-corrected chi connectivity index (χ2v) is 8.57. The van der Waals surface area contributed by atoms with E-state index in [4.69, 9.17) is 9.47 Å². The summed E-state index contributed by atoms with van der Waals surface area (Å²) in [7, 11) is 0. The maximum Gasteiger partial charge on any atom is 0.279 e. The molecule has 9 heteroatoms. The highest BCUT2D eigenvalue weighted by Crippen LogP contribution is 2.31. The van der Waals surface area contributed by atoms with Crippen LogP contribution in [0.5, 0.6) is 11.5 Å². The number of fused-ring (bicyclic) bond motifs is 1. The molecule has 1 unspecified atom stereocenters. The number of rotatable bonds is 7. The molecule has 9 nitrogen and oxygen atoms in total. The maximum absolute atomic E-state index is 13.1. The third kappa shape index (κ3) is 5.00. The van der Waals surface area contributed by atoms with Crippen molar-refractivity contribution in [2.75, 3.05) is 19.7 Å². The summed E-state index contributed by atoms with van der Waals surface area (Å²) in [4.78, 5) is 39.7. The predicted octanol–water partition coefficient (Wildman–Crippen LogP) is 2.10. The van der Waals surface area contributed by atoms with Crippen LogP contribution in [0.2, 0.25) is 0 Å². The number of hydrogen-bond donors (Lipinski definition) is 2. The first-order valence-electron chi connectivity index (χ1n) is 11.9. The van der Waals surface area contributed by atoms with Crippen molar-refractivity contribution < 1.29 is 23.9 Å². The molecule has 0 saturated carbocycles. The van der Waals surface area contributed by atoms with E-state index in [1.54, 1.807) is 23.1 Å². The summed E-state index contributed by atoms with van der Waals surface area (Å²) in [5.41, 5.74) is 5.41. The van der Waals surface area contributed by atoms with Gasteiger partial charge in [-0.15, -0.1) is 0 Å². The van der Waals surface area contributed by atoms with Gasteiger partial charge in [-0.25, -0.2) is 5.43 Å². The van der Waals surface area contributed by atoms with Crippen molar-refractivity contribution >= 4 is 23.4 Å². The van der Waals surface area contributed by atoms with Gasteiger partial charge in [0, 0.05) is 17.8 Å². The van der Waals surface area contributed by atoms with E-state index in [9.17, 15) is 14.4 Å². The number of carbonyl (C=O) groups excluding carboxylic acids is 3. The number of amides is 3. The molecule has 0 saturated heterocycles. The Bertz CT molecular complexity index is 1270. The highest BCUT2D eigenvalue weighted by atomic mass is 16.6. The molecule has 0 spiro atoms. The first-order valence-corrected chi connectivity index (χ1v) is 11.9. The highest BCUT2D eigenvalue weighted by molar-refractivity contribution is 6.48. The zero-order valence-corrected chi connectivity index (χ0v) is 19.6. The maximum atomic E-state index is 13.1. The summed E-state index contributed by atoms with van der Waals surface area (Å²) in [5.74, 6) is -0.222. The van der Waals surface area contributed by atoms with Crippen LogP contribution in [0.25, 0.3) is 0 Å². The topological polar surface area (TPSA) is 109 Å². The van der Waals surface area contributed by atoms with Gasteiger partial charge in [-0.1, -0.05) is 54.6 Å². The van der Waals surface area contributed by atoms with Crippen molar-refractivity contribution in [1.29, 1.82) is 0 Å². The fraction of sp³-hybridized carbons (Fsp3) is 0.259. The minimum Gasteiger partial charge on any atom is -0.485 e. The van der Waals surface area contributed by atoms with Crippen LogP contribution in [0.4, 0.5) is 0 Å². The number of ether oxygens (including phenoxy) is 2. The van der Waals surface area contributed by atoms with Gasteiger partial charge in [0.15, 0.2) is 17.2 Å². The molecule has 2 aromatic carbocycles. The van der Waals surface area contributed by atoms with Crippen molar-refractivity contribution in [3.8, 4) is 11.5 Å². The largest absolute Gasteiger partial charge is 0.485 e. The van der Waals surface area contributed by atoms with E-state index >= 15 is 0 Å². The quantitative estimate of drug-likeness (QED) is 0.583. The molecule has 3 amide bonds. The Morgan fingerprint density at radius 1 is 1.06 bits per heavy atom. The lowest BCUT2D eigenvalue weighted by Crippen LogP contribution is -2.46. The molecule has 0 bridgehead atoms. The number of hydrazone groups is 1. The zero-order valence-electron chi connectivity index (χ0n) is 19.6. The van der Waals surface area contributed by atoms with Gasteiger partial charge in [0.2, 0.25) is 6.10 Å². The second-order valence-electron chi connectivity index (χ2n) is 8.57. The Labute approximate surface area is 208 Å². The van der Waals surface area contributed by atoms with E-state index in [-0.39, 0.29) is 24.8 Å². The summed E-state index contributed by atoms with van der Waals surface area (Å²) < 4.78 is 11.2. The number of nitrogens with zero attached hydrogens (tertiary/aromatic N) is 2. The first kappa shape index (κ1) is 23.3. The van der Waals surface area contributed by atoms with Crippen molar-refractivity contribution in [1.82, 2.24) is 15.6 Å². The van der Waals surface area contributed by atoms with Crippen molar-refractivity contribution in [3.05, 3.63) is 83.6 Å². The molecule has 0 aromatic heterocycles. The van der Waals surface area contributed by atoms with Crippen molar-refractivity contribution in [2.45, 2.75) is 25.4 Å². The number of hydrogen-bond acceptors (Lipinski definition) is 6. The van der Waals surface area contributed by atoms with Crippen LogP contribution in [0, 0.1) is 0 Å². The van der Waals surface area contributed by atoms with Gasteiger partial charge < -0.3 is 19.7 Å². The summed E-state index contributed by atoms with van der Waals surface area (Å²) in [6, 6.07) is 17.0. The number of carbonyl (C=O) groups is 3. The van der Waals surface area contributed by atoms with E-state index < -0.39 is 17.9 Å². The number of para-hydroxylation sites is 2. The van der Waals surface area contributed by atoms with Gasteiger partial charge in [0.1, 0.15) is 6.61 Å². The van der Waals surface area contributed by atoms with E-state index in [1.165, 1.54) is 0 Å². The highest BCUT2D eigenvalue weighted by Gasteiger charge is 2.36. The van der Waals surface area contributed by atoms with Gasteiger partial charge in [-0.05, 0) is 37.0 Å².